The van der Waals surface area contributed by atoms with Crippen LogP contribution in [-0.4, -0.2) is 13.1 Å². The van der Waals surface area contributed by atoms with E-state index in [1.807, 2.05) is 0 Å². The molecule has 0 saturated heterocycles. The lowest BCUT2D eigenvalue weighted by Gasteiger charge is -2.11. The minimum absolute atomic E-state index is 0.0246. The zero-order valence-corrected chi connectivity index (χ0v) is 8.82. The number of benzene rings is 1. The number of ether oxygens (including phenoxy) is 1. The van der Waals surface area contributed by atoms with Gasteiger partial charge in [-0.05, 0) is 11.6 Å². The van der Waals surface area contributed by atoms with Crippen molar-refractivity contribution < 1.29 is 18.3 Å². The molecule has 0 radical (unpaired) electrons. The van der Waals surface area contributed by atoms with Crippen LogP contribution in [0.3, 0.4) is 0 Å². The third-order valence-corrected chi connectivity index (χ3v) is 2.21. The van der Waals surface area contributed by atoms with E-state index in [9.17, 15) is 13.6 Å². The summed E-state index contributed by atoms with van der Waals surface area (Å²) in [6, 6.07) is 5.11. The average molecular weight is 229 g/mol. The molecule has 0 amide bonds. The predicted octanol–water partition coefficient (Wildman–Crippen LogP) is 2.19. The standard InChI is InChI=1S/C11H13F2NO2/c1-16-10(15)6-9(14)7-3-2-4-8(5-7)11(12)13/h2-5,9,11H,6,14H2,1H3/t9-/m0/s1. The molecule has 16 heavy (non-hydrogen) atoms. The topological polar surface area (TPSA) is 52.3 Å². The molecule has 0 aliphatic rings. The maximum absolute atomic E-state index is 12.4. The van der Waals surface area contributed by atoms with Crippen LogP contribution in [0.25, 0.3) is 0 Å². The Morgan fingerprint density at radius 2 is 2.06 bits per heavy atom. The zero-order valence-electron chi connectivity index (χ0n) is 8.82. The Labute approximate surface area is 92.2 Å². The van der Waals surface area contributed by atoms with Crippen molar-refractivity contribution in [2.75, 3.05) is 7.11 Å². The number of esters is 1. The van der Waals surface area contributed by atoms with E-state index in [0.29, 0.717) is 5.56 Å². The Balaban J connectivity index is 2.79. The van der Waals surface area contributed by atoms with Crippen molar-refractivity contribution in [3.05, 3.63) is 35.4 Å². The molecule has 0 spiro atoms. The van der Waals surface area contributed by atoms with Gasteiger partial charge in [0.15, 0.2) is 0 Å². The van der Waals surface area contributed by atoms with Crippen LogP contribution < -0.4 is 5.73 Å². The minimum atomic E-state index is -2.54. The van der Waals surface area contributed by atoms with Crippen LogP contribution in [0.2, 0.25) is 0 Å². The van der Waals surface area contributed by atoms with Crippen molar-refractivity contribution in [2.24, 2.45) is 5.73 Å². The summed E-state index contributed by atoms with van der Waals surface area (Å²) in [4.78, 5) is 11.0. The van der Waals surface area contributed by atoms with Gasteiger partial charge in [-0.1, -0.05) is 18.2 Å². The van der Waals surface area contributed by atoms with Gasteiger partial charge in [0.2, 0.25) is 0 Å². The second kappa shape index (κ2) is 5.55. The Hall–Kier alpha value is -1.49. The molecule has 0 fully saturated rings. The molecule has 0 bridgehead atoms. The summed E-state index contributed by atoms with van der Waals surface area (Å²) < 4.78 is 29.3. The van der Waals surface area contributed by atoms with Gasteiger partial charge < -0.3 is 10.5 Å². The number of carbonyl (C=O) groups excluding carboxylic acids is 1. The highest BCUT2D eigenvalue weighted by Gasteiger charge is 2.14. The molecule has 3 nitrogen and oxygen atoms in total. The number of rotatable bonds is 4. The fourth-order valence-electron chi connectivity index (χ4n) is 1.31. The Bertz CT molecular complexity index is 369. The second-order valence-corrected chi connectivity index (χ2v) is 3.36. The van der Waals surface area contributed by atoms with Crippen LogP contribution in [-0.2, 0) is 9.53 Å². The highest BCUT2D eigenvalue weighted by atomic mass is 19.3. The van der Waals surface area contributed by atoms with Crippen molar-refractivity contribution in [1.82, 2.24) is 0 Å². The van der Waals surface area contributed by atoms with Crippen molar-refractivity contribution in [1.29, 1.82) is 0 Å². The third-order valence-electron chi connectivity index (χ3n) is 2.21. The molecule has 2 N–H and O–H groups in total. The molecule has 0 aromatic heterocycles. The van der Waals surface area contributed by atoms with E-state index < -0.39 is 18.4 Å². The van der Waals surface area contributed by atoms with Gasteiger partial charge in [-0.15, -0.1) is 0 Å². The molecule has 1 atom stereocenters. The summed E-state index contributed by atoms with van der Waals surface area (Å²) >= 11 is 0. The van der Waals surface area contributed by atoms with Crippen molar-refractivity contribution in [3.8, 4) is 0 Å². The largest absolute Gasteiger partial charge is 0.469 e. The van der Waals surface area contributed by atoms with Gasteiger partial charge in [0, 0.05) is 11.6 Å². The monoisotopic (exact) mass is 229 g/mol. The molecule has 1 rings (SSSR count). The van der Waals surface area contributed by atoms with E-state index in [2.05, 4.69) is 4.74 Å². The Kier molecular flexibility index (Phi) is 4.37. The van der Waals surface area contributed by atoms with E-state index in [-0.39, 0.29) is 12.0 Å². The van der Waals surface area contributed by atoms with Gasteiger partial charge in [-0.25, -0.2) is 8.78 Å². The van der Waals surface area contributed by atoms with E-state index in [4.69, 9.17) is 5.73 Å². The number of alkyl halides is 2. The summed E-state index contributed by atoms with van der Waals surface area (Å²) in [7, 11) is 1.25. The van der Waals surface area contributed by atoms with Gasteiger partial charge in [-0.3, -0.25) is 4.79 Å². The van der Waals surface area contributed by atoms with Gasteiger partial charge >= 0.3 is 5.97 Å². The molecule has 88 valence electrons. The van der Waals surface area contributed by atoms with Crippen LogP contribution >= 0.6 is 0 Å². The van der Waals surface area contributed by atoms with Crippen LogP contribution in [0.4, 0.5) is 8.78 Å². The summed E-state index contributed by atoms with van der Waals surface area (Å²) in [5.41, 5.74) is 6.10. The maximum Gasteiger partial charge on any atom is 0.307 e. The lowest BCUT2D eigenvalue weighted by Crippen LogP contribution is -2.16. The molecule has 1 aromatic rings. The zero-order chi connectivity index (χ0) is 12.1. The molecule has 0 unspecified atom stereocenters. The summed E-state index contributed by atoms with van der Waals surface area (Å²) in [5, 5.41) is 0. The number of hydrogen-bond donors (Lipinski definition) is 1. The fourth-order valence-corrected chi connectivity index (χ4v) is 1.31. The van der Waals surface area contributed by atoms with Gasteiger partial charge in [0.1, 0.15) is 0 Å². The third kappa shape index (κ3) is 3.27. The van der Waals surface area contributed by atoms with Crippen LogP contribution in [0, 0.1) is 0 Å². The SMILES string of the molecule is COC(=O)C[C@H](N)c1cccc(C(F)F)c1. The molecular weight excluding hydrogens is 216 g/mol. The van der Waals surface area contributed by atoms with Crippen LogP contribution in [0.5, 0.6) is 0 Å². The lowest BCUT2D eigenvalue weighted by atomic mass is 10.0. The quantitative estimate of drug-likeness (QED) is 0.805. The first-order valence-corrected chi connectivity index (χ1v) is 4.75. The first kappa shape index (κ1) is 12.6. The summed E-state index contributed by atoms with van der Waals surface area (Å²) in [5.74, 6) is -0.463. The van der Waals surface area contributed by atoms with Crippen molar-refractivity contribution >= 4 is 5.97 Å². The van der Waals surface area contributed by atoms with Crippen molar-refractivity contribution in [2.45, 2.75) is 18.9 Å². The van der Waals surface area contributed by atoms with E-state index >= 15 is 0 Å². The first-order valence-electron chi connectivity index (χ1n) is 4.75. The van der Waals surface area contributed by atoms with E-state index in [1.165, 1.54) is 25.3 Å². The molecule has 0 aliphatic carbocycles. The van der Waals surface area contributed by atoms with Crippen LogP contribution in [0.15, 0.2) is 24.3 Å². The lowest BCUT2D eigenvalue weighted by molar-refractivity contribution is -0.141. The number of carbonyl (C=O) groups is 1. The predicted molar refractivity (Wildman–Crippen MR) is 55.0 cm³/mol. The van der Waals surface area contributed by atoms with Crippen molar-refractivity contribution in [3.63, 3.8) is 0 Å². The Morgan fingerprint density at radius 1 is 1.44 bits per heavy atom. The molecule has 0 aliphatic heterocycles. The number of halogens is 2. The van der Waals surface area contributed by atoms with E-state index in [0.717, 1.165) is 0 Å². The normalized spacial score (nSPS) is 12.6. The summed E-state index contributed by atoms with van der Waals surface area (Å²) in [6.45, 7) is 0. The maximum atomic E-state index is 12.4. The summed E-state index contributed by atoms with van der Waals surface area (Å²) in [6.07, 6.45) is -2.56. The second-order valence-electron chi connectivity index (χ2n) is 3.36. The molecular formula is C11H13F2NO2. The van der Waals surface area contributed by atoms with Gasteiger partial charge in [-0.2, -0.15) is 0 Å². The molecule has 0 saturated carbocycles. The fraction of sp³-hybridized carbons (Fsp3) is 0.364. The first-order chi connectivity index (χ1) is 7.54. The molecule has 5 heteroatoms. The van der Waals surface area contributed by atoms with Gasteiger partial charge in [0.05, 0.1) is 13.5 Å². The average Bonchev–Trinajstić information content (AvgIpc) is 2.28. The number of nitrogens with two attached hydrogens (primary N) is 1. The Morgan fingerprint density at radius 3 is 2.62 bits per heavy atom. The van der Waals surface area contributed by atoms with E-state index in [1.54, 1.807) is 6.07 Å². The van der Waals surface area contributed by atoms with Gasteiger partial charge in [0.25, 0.3) is 6.43 Å². The highest BCUT2D eigenvalue weighted by Crippen LogP contribution is 2.23. The molecule has 0 heterocycles. The van der Waals surface area contributed by atoms with Crippen LogP contribution in [0.1, 0.15) is 30.0 Å². The highest BCUT2D eigenvalue weighted by molar-refractivity contribution is 5.70. The number of methoxy groups -OCH3 is 1. The minimum Gasteiger partial charge on any atom is -0.469 e. The molecule has 1 aromatic carbocycles. The number of hydrogen-bond acceptors (Lipinski definition) is 3. The smallest absolute Gasteiger partial charge is 0.307 e.